The van der Waals surface area contributed by atoms with Gasteiger partial charge in [0.25, 0.3) is 0 Å². The van der Waals surface area contributed by atoms with E-state index in [0.717, 1.165) is 11.1 Å². The molecule has 0 saturated carbocycles. The van der Waals surface area contributed by atoms with Crippen LogP contribution in [0.25, 0.3) is 0 Å². The molecule has 0 unspecified atom stereocenters. The first-order chi connectivity index (χ1) is 10.9. The second-order valence-corrected chi connectivity index (χ2v) is 6.00. The SMILES string of the molecule is CC(C)Cc1ccc(C(=O)O)c(C(=O)O)c1Cc1ccccc1. The van der Waals surface area contributed by atoms with E-state index in [1.54, 1.807) is 6.07 Å². The fourth-order valence-corrected chi connectivity index (χ4v) is 2.75. The van der Waals surface area contributed by atoms with Gasteiger partial charge < -0.3 is 10.2 Å². The molecule has 0 aliphatic heterocycles. The zero-order valence-electron chi connectivity index (χ0n) is 13.2. The average Bonchev–Trinajstić information content (AvgIpc) is 2.48. The number of carbonyl (C=O) groups is 2. The Morgan fingerprint density at radius 2 is 1.61 bits per heavy atom. The van der Waals surface area contributed by atoms with Crippen molar-refractivity contribution in [1.82, 2.24) is 0 Å². The first-order valence-electron chi connectivity index (χ1n) is 7.55. The molecule has 0 amide bonds. The van der Waals surface area contributed by atoms with Gasteiger partial charge in [-0.15, -0.1) is 0 Å². The van der Waals surface area contributed by atoms with E-state index >= 15 is 0 Å². The summed E-state index contributed by atoms with van der Waals surface area (Å²) < 4.78 is 0. The van der Waals surface area contributed by atoms with Gasteiger partial charge in [-0.2, -0.15) is 0 Å². The van der Waals surface area contributed by atoms with Gasteiger partial charge in [0.1, 0.15) is 0 Å². The summed E-state index contributed by atoms with van der Waals surface area (Å²) in [6, 6.07) is 12.6. The number of aromatic carboxylic acids is 2. The van der Waals surface area contributed by atoms with E-state index in [0.29, 0.717) is 24.3 Å². The average molecular weight is 312 g/mol. The monoisotopic (exact) mass is 312 g/mol. The van der Waals surface area contributed by atoms with E-state index < -0.39 is 11.9 Å². The topological polar surface area (TPSA) is 74.6 Å². The molecule has 0 radical (unpaired) electrons. The van der Waals surface area contributed by atoms with E-state index in [4.69, 9.17) is 0 Å². The Morgan fingerprint density at radius 1 is 0.957 bits per heavy atom. The number of rotatable bonds is 6. The predicted molar refractivity (Wildman–Crippen MR) is 88.2 cm³/mol. The van der Waals surface area contributed by atoms with Crippen LogP contribution in [0.3, 0.4) is 0 Å². The molecule has 4 heteroatoms. The zero-order valence-corrected chi connectivity index (χ0v) is 13.2. The van der Waals surface area contributed by atoms with E-state index in [1.807, 2.05) is 30.3 Å². The molecule has 0 atom stereocenters. The molecule has 23 heavy (non-hydrogen) atoms. The maximum Gasteiger partial charge on any atom is 0.336 e. The van der Waals surface area contributed by atoms with Crippen LogP contribution >= 0.6 is 0 Å². The Morgan fingerprint density at radius 3 is 2.13 bits per heavy atom. The van der Waals surface area contributed by atoms with Crippen molar-refractivity contribution in [2.75, 3.05) is 0 Å². The molecule has 2 aromatic carbocycles. The first-order valence-corrected chi connectivity index (χ1v) is 7.55. The van der Waals surface area contributed by atoms with Crippen molar-refractivity contribution in [3.8, 4) is 0 Å². The number of hydrogen-bond acceptors (Lipinski definition) is 2. The molecule has 0 heterocycles. The highest BCUT2D eigenvalue weighted by Gasteiger charge is 2.23. The minimum atomic E-state index is -1.21. The molecule has 0 aromatic heterocycles. The molecule has 2 aromatic rings. The van der Waals surface area contributed by atoms with Crippen LogP contribution in [-0.4, -0.2) is 22.2 Å². The first kappa shape index (κ1) is 16.7. The minimum absolute atomic E-state index is 0.0977. The summed E-state index contributed by atoms with van der Waals surface area (Å²) in [5.41, 5.74) is 2.20. The van der Waals surface area contributed by atoms with Crippen LogP contribution in [0.5, 0.6) is 0 Å². The highest BCUT2D eigenvalue weighted by Crippen LogP contribution is 2.25. The Balaban J connectivity index is 2.63. The molecular formula is C19H20O4. The number of carboxylic acid groups (broad SMARTS) is 2. The molecule has 0 aliphatic carbocycles. The van der Waals surface area contributed by atoms with Crippen molar-refractivity contribution >= 4 is 11.9 Å². The summed E-state index contributed by atoms with van der Waals surface area (Å²) >= 11 is 0. The summed E-state index contributed by atoms with van der Waals surface area (Å²) in [7, 11) is 0. The molecule has 0 spiro atoms. The quantitative estimate of drug-likeness (QED) is 0.849. The molecule has 0 saturated heterocycles. The lowest BCUT2D eigenvalue weighted by molar-refractivity contribution is 0.0650. The fourth-order valence-electron chi connectivity index (χ4n) is 2.75. The zero-order chi connectivity index (χ0) is 17.0. The van der Waals surface area contributed by atoms with Gasteiger partial charge in [0.15, 0.2) is 0 Å². The molecule has 4 nitrogen and oxygen atoms in total. The molecule has 0 fully saturated rings. The Bertz CT molecular complexity index is 718. The van der Waals surface area contributed by atoms with Crippen LogP contribution in [0.2, 0.25) is 0 Å². The molecule has 0 bridgehead atoms. The third-order valence-electron chi connectivity index (χ3n) is 3.71. The number of carboxylic acids is 2. The smallest absolute Gasteiger partial charge is 0.336 e. The van der Waals surface area contributed by atoms with Gasteiger partial charge >= 0.3 is 11.9 Å². The predicted octanol–water partition coefficient (Wildman–Crippen LogP) is 3.87. The van der Waals surface area contributed by atoms with Crippen LogP contribution in [0.1, 0.15) is 51.3 Å². The summed E-state index contributed by atoms with van der Waals surface area (Å²) in [5, 5.41) is 18.9. The van der Waals surface area contributed by atoms with E-state index in [1.165, 1.54) is 6.07 Å². The summed E-state index contributed by atoms with van der Waals surface area (Å²) in [6.45, 7) is 4.11. The standard InChI is InChI=1S/C19H20O4/c1-12(2)10-14-8-9-15(18(20)21)17(19(22)23)16(14)11-13-6-4-3-5-7-13/h3-9,12H,10-11H2,1-2H3,(H,20,21)(H,22,23). The van der Waals surface area contributed by atoms with E-state index in [-0.39, 0.29) is 11.1 Å². The fraction of sp³-hybridized carbons (Fsp3) is 0.263. The van der Waals surface area contributed by atoms with Crippen molar-refractivity contribution in [2.45, 2.75) is 26.7 Å². The third-order valence-corrected chi connectivity index (χ3v) is 3.71. The Kier molecular flexibility index (Phi) is 5.16. The maximum absolute atomic E-state index is 11.7. The van der Waals surface area contributed by atoms with Crippen LogP contribution in [0.15, 0.2) is 42.5 Å². The van der Waals surface area contributed by atoms with Gasteiger partial charge in [0.2, 0.25) is 0 Å². The van der Waals surface area contributed by atoms with Crippen molar-refractivity contribution in [2.24, 2.45) is 5.92 Å². The van der Waals surface area contributed by atoms with Crippen molar-refractivity contribution in [1.29, 1.82) is 0 Å². The van der Waals surface area contributed by atoms with Gasteiger partial charge in [0.05, 0.1) is 11.1 Å². The molecule has 120 valence electrons. The van der Waals surface area contributed by atoms with Crippen molar-refractivity contribution in [3.63, 3.8) is 0 Å². The summed E-state index contributed by atoms with van der Waals surface area (Å²) in [6.07, 6.45) is 1.12. The summed E-state index contributed by atoms with van der Waals surface area (Å²) in [5.74, 6) is -2.06. The second-order valence-electron chi connectivity index (χ2n) is 6.00. The van der Waals surface area contributed by atoms with Gasteiger partial charge in [0, 0.05) is 0 Å². The Labute approximate surface area is 135 Å². The molecule has 0 aliphatic rings. The maximum atomic E-state index is 11.7. The van der Waals surface area contributed by atoms with Crippen molar-refractivity contribution < 1.29 is 19.8 Å². The van der Waals surface area contributed by atoms with Gasteiger partial charge in [-0.25, -0.2) is 9.59 Å². The van der Waals surface area contributed by atoms with E-state index in [2.05, 4.69) is 13.8 Å². The largest absolute Gasteiger partial charge is 0.478 e. The lowest BCUT2D eigenvalue weighted by atomic mass is 9.88. The Hall–Kier alpha value is -2.62. The highest BCUT2D eigenvalue weighted by molar-refractivity contribution is 6.03. The van der Waals surface area contributed by atoms with Crippen LogP contribution in [0.4, 0.5) is 0 Å². The summed E-state index contributed by atoms with van der Waals surface area (Å²) in [4.78, 5) is 23.1. The van der Waals surface area contributed by atoms with Gasteiger partial charge in [-0.05, 0) is 41.5 Å². The van der Waals surface area contributed by atoms with Gasteiger partial charge in [-0.3, -0.25) is 0 Å². The van der Waals surface area contributed by atoms with Gasteiger partial charge in [-0.1, -0.05) is 50.2 Å². The lowest BCUT2D eigenvalue weighted by Gasteiger charge is -2.16. The lowest BCUT2D eigenvalue weighted by Crippen LogP contribution is -2.15. The number of hydrogen-bond donors (Lipinski definition) is 2. The molecule has 2 N–H and O–H groups in total. The third kappa shape index (κ3) is 3.97. The van der Waals surface area contributed by atoms with Crippen LogP contribution in [-0.2, 0) is 12.8 Å². The molecular weight excluding hydrogens is 292 g/mol. The second kappa shape index (κ2) is 7.09. The minimum Gasteiger partial charge on any atom is -0.478 e. The van der Waals surface area contributed by atoms with Crippen molar-refractivity contribution in [3.05, 3.63) is 70.3 Å². The normalized spacial score (nSPS) is 10.7. The van der Waals surface area contributed by atoms with E-state index in [9.17, 15) is 19.8 Å². The van der Waals surface area contributed by atoms with Crippen LogP contribution < -0.4 is 0 Å². The number of benzene rings is 2. The molecule has 2 rings (SSSR count). The van der Waals surface area contributed by atoms with Crippen LogP contribution in [0, 0.1) is 5.92 Å². The highest BCUT2D eigenvalue weighted by atomic mass is 16.4.